The van der Waals surface area contributed by atoms with E-state index in [1.807, 2.05) is 6.08 Å². The number of unbranched alkanes of at least 4 members (excludes halogenated alkanes) is 27. The molecule has 1 aliphatic rings. The first-order valence-electron chi connectivity index (χ1n) is 27.9. The molecule has 0 aliphatic carbocycles. The molecule has 1 rings (SSSR count). The van der Waals surface area contributed by atoms with Gasteiger partial charge in [-0.1, -0.05) is 204 Å². The lowest BCUT2D eigenvalue weighted by Gasteiger charge is -2.41. The van der Waals surface area contributed by atoms with Gasteiger partial charge in [0.05, 0.1) is 25.4 Å². The number of allylic oxidation sites excluding steroid dienone is 7. The standard InChI is InChI=1S/C57H103NO10/c1-4-7-10-13-16-19-22-25-26-27-30-33-36-39-42-45-52(62)68-55-54(64)53(63)51(46-59)67-57(55)66-47-48(49(60)43-40-37-34-31-28-23-20-17-14-11-8-5-2)58-56(65)50(61)44-41-38-35-32-29-24-21-18-15-12-9-6-3/h16,19,22,25,29,32,40,43,48-51,53-55,57,59-61,63-64H,4-15,17-18,20-21,23-24,26-28,30-31,33-39,41-42,44-47H2,1-3H3,(H,58,65)/b19-16+,25-22+,32-29-,43-40+. The summed E-state index contributed by atoms with van der Waals surface area (Å²) in [6.07, 6.45) is 43.0. The molecule has 1 fully saturated rings. The zero-order valence-electron chi connectivity index (χ0n) is 43.5. The number of carbonyl (C=O) groups is 2. The van der Waals surface area contributed by atoms with Gasteiger partial charge in [0, 0.05) is 6.42 Å². The lowest BCUT2D eigenvalue weighted by Crippen LogP contribution is -2.61. The highest BCUT2D eigenvalue weighted by atomic mass is 16.7. The molecule has 1 saturated heterocycles. The van der Waals surface area contributed by atoms with Crippen molar-refractivity contribution in [3.8, 4) is 0 Å². The molecule has 0 bridgehead atoms. The molecule has 11 nitrogen and oxygen atoms in total. The third-order valence-corrected chi connectivity index (χ3v) is 13.0. The number of carbonyl (C=O) groups excluding carboxylic acids is 2. The van der Waals surface area contributed by atoms with Crippen LogP contribution in [0, 0.1) is 0 Å². The molecule has 68 heavy (non-hydrogen) atoms. The number of aliphatic hydroxyl groups excluding tert-OH is 5. The highest BCUT2D eigenvalue weighted by Gasteiger charge is 2.47. The number of aliphatic hydroxyl groups is 5. The minimum Gasteiger partial charge on any atom is -0.454 e. The summed E-state index contributed by atoms with van der Waals surface area (Å²) in [6.45, 7) is 5.71. The van der Waals surface area contributed by atoms with E-state index in [2.05, 4.69) is 62.5 Å². The lowest BCUT2D eigenvalue weighted by molar-refractivity contribution is -0.305. The summed E-state index contributed by atoms with van der Waals surface area (Å²) < 4.78 is 17.5. The molecule has 6 N–H and O–H groups in total. The number of nitrogens with one attached hydrogen (secondary N) is 1. The van der Waals surface area contributed by atoms with Crippen molar-refractivity contribution in [3.05, 3.63) is 48.6 Å². The first kappa shape index (κ1) is 63.6. The van der Waals surface area contributed by atoms with Crippen LogP contribution in [0.25, 0.3) is 0 Å². The Balaban J connectivity index is 2.77. The maximum absolute atomic E-state index is 13.3. The molecule has 0 aromatic rings. The molecule has 8 atom stereocenters. The smallest absolute Gasteiger partial charge is 0.306 e. The fraction of sp³-hybridized carbons (Fsp3) is 0.825. The number of ether oxygens (including phenoxy) is 3. The number of rotatable bonds is 46. The number of hydrogen-bond donors (Lipinski definition) is 6. The van der Waals surface area contributed by atoms with Crippen LogP contribution in [0.15, 0.2) is 48.6 Å². The number of esters is 1. The molecule has 11 heteroatoms. The van der Waals surface area contributed by atoms with E-state index in [-0.39, 0.29) is 19.4 Å². The molecule has 0 radical (unpaired) electrons. The second-order valence-electron chi connectivity index (χ2n) is 19.3. The maximum Gasteiger partial charge on any atom is 0.306 e. The van der Waals surface area contributed by atoms with E-state index in [1.54, 1.807) is 6.08 Å². The van der Waals surface area contributed by atoms with Crippen molar-refractivity contribution < 1.29 is 49.3 Å². The second-order valence-corrected chi connectivity index (χ2v) is 19.3. The van der Waals surface area contributed by atoms with Gasteiger partial charge < -0.3 is 45.1 Å². The van der Waals surface area contributed by atoms with Crippen LogP contribution in [-0.4, -0.2) is 99.6 Å². The Morgan fingerprint density at radius 2 is 1.01 bits per heavy atom. The third kappa shape index (κ3) is 34.0. The van der Waals surface area contributed by atoms with E-state index in [1.165, 1.54) is 109 Å². The van der Waals surface area contributed by atoms with Crippen LogP contribution >= 0.6 is 0 Å². The van der Waals surface area contributed by atoms with Crippen LogP contribution in [0.2, 0.25) is 0 Å². The van der Waals surface area contributed by atoms with Gasteiger partial charge in [0.25, 0.3) is 0 Å². The molecule has 0 saturated carbocycles. The van der Waals surface area contributed by atoms with Gasteiger partial charge in [-0.15, -0.1) is 0 Å². The van der Waals surface area contributed by atoms with Crippen LogP contribution in [0.5, 0.6) is 0 Å². The average molecular weight is 962 g/mol. The predicted octanol–water partition coefficient (Wildman–Crippen LogP) is 12.1. The molecule has 0 aromatic heterocycles. The monoisotopic (exact) mass is 962 g/mol. The van der Waals surface area contributed by atoms with Crippen molar-refractivity contribution in [3.63, 3.8) is 0 Å². The van der Waals surface area contributed by atoms with Gasteiger partial charge in [0.1, 0.15) is 24.4 Å². The van der Waals surface area contributed by atoms with Crippen LogP contribution in [0.1, 0.15) is 239 Å². The zero-order chi connectivity index (χ0) is 49.7. The summed E-state index contributed by atoms with van der Waals surface area (Å²) in [6, 6.07) is -1.03. The third-order valence-electron chi connectivity index (χ3n) is 13.0. The van der Waals surface area contributed by atoms with E-state index >= 15 is 0 Å². The van der Waals surface area contributed by atoms with Crippen molar-refractivity contribution in [2.24, 2.45) is 0 Å². The Morgan fingerprint density at radius 3 is 1.54 bits per heavy atom. The normalized spacial score (nSPS) is 20.3. The van der Waals surface area contributed by atoms with Crippen molar-refractivity contribution in [1.29, 1.82) is 0 Å². The SMILES string of the molecule is CCCCC/C=C/C=C/CCCCCCCCC(=O)OC1C(OCC(NC(=O)C(O)CCCC/C=C\CCCCCCCC)C(O)/C=C/CCCCCCCCCCCC)OC(CO)C(O)C1O. The number of amides is 1. The minimum atomic E-state index is -1.62. The molecule has 0 aromatic carbocycles. The van der Waals surface area contributed by atoms with Gasteiger partial charge in [-0.25, -0.2) is 0 Å². The quantitative estimate of drug-likeness (QED) is 0.0149. The average Bonchev–Trinajstić information content (AvgIpc) is 3.33. The summed E-state index contributed by atoms with van der Waals surface area (Å²) in [7, 11) is 0. The molecule has 8 unspecified atom stereocenters. The van der Waals surface area contributed by atoms with Crippen LogP contribution in [0.4, 0.5) is 0 Å². The fourth-order valence-electron chi connectivity index (χ4n) is 8.46. The predicted molar refractivity (Wildman–Crippen MR) is 278 cm³/mol. The van der Waals surface area contributed by atoms with Crippen LogP contribution < -0.4 is 5.32 Å². The van der Waals surface area contributed by atoms with E-state index in [0.29, 0.717) is 12.8 Å². The van der Waals surface area contributed by atoms with Gasteiger partial charge in [-0.2, -0.15) is 0 Å². The molecule has 1 aliphatic heterocycles. The largest absolute Gasteiger partial charge is 0.454 e. The van der Waals surface area contributed by atoms with Gasteiger partial charge in [-0.3, -0.25) is 9.59 Å². The first-order valence-corrected chi connectivity index (χ1v) is 27.9. The zero-order valence-corrected chi connectivity index (χ0v) is 43.5. The van der Waals surface area contributed by atoms with Crippen molar-refractivity contribution >= 4 is 11.9 Å². The first-order chi connectivity index (χ1) is 33.2. The molecule has 396 valence electrons. The highest BCUT2D eigenvalue weighted by molar-refractivity contribution is 5.80. The molecular weight excluding hydrogens is 859 g/mol. The van der Waals surface area contributed by atoms with Crippen molar-refractivity contribution in [2.75, 3.05) is 13.2 Å². The molecule has 1 heterocycles. The molecule has 0 spiro atoms. The molecular formula is C57H103NO10. The lowest BCUT2D eigenvalue weighted by atomic mass is 9.99. The summed E-state index contributed by atoms with van der Waals surface area (Å²) in [5, 5.41) is 56.7. The van der Waals surface area contributed by atoms with Crippen LogP contribution in [0.3, 0.4) is 0 Å². The van der Waals surface area contributed by atoms with Gasteiger partial charge in [0.15, 0.2) is 12.4 Å². The summed E-state index contributed by atoms with van der Waals surface area (Å²) in [5.74, 6) is -1.22. The maximum atomic E-state index is 13.3. The van der Waals surface area contributed by atoms with Gasteiger partial charge >= 0.3 is 5.97 Å². The topological polar surface area (TPSA) is 175 Å². The van der Waals surface area contributed by atoms with E-state index in [0.717, 1.165) is 83.5 Å². The Kier molecular flexibility index (Phi) is 42.8. The fourth-order valence-corrected chi connectivity index (χ4v) is 8.46. The van der Waals surface area contributed by atoms with Crippen molar-refractivity contribution in [1.82, 2.24) is 5.32 Å². The van der Waals surface area contributed by atoms with E-state index in [4.69, 9.17) is 14.2 Å². The summed E-state index contributed by atoms with van der Waals surface area (Å²) in [4.78, 5) is 26.4. The van der Waals surface area contributed by atoms with E-state index in [9.17, 15) is 35.1 Å². The van der Waals surface area contributed by atoms with Crippen LogP contribution in [-0.2, 0) is 23.8 Å². The molecule has 1 amide bonds. The Hall–Kier alpha value is -2.38. The van der Waals surface area contributed by atoms with Gasteiger partial charge in [0.2, 0.25) is 5.91 Å². The summed E-state index contributed by atoms with van der Waals surface area (Å²) in [5.41, 5.74) is 0. The van der Waals surface area contributed by atoms with E-state index < -0.39 is 67.4 Å². The minimum absolute atomic E-state index is 0.109. The number of hydrogen-bond acceptors (Lipinski definition) is 10. The Bertz CT molecular complexity index is 1290. The second kappa shape index (κ2) is 45.7. The van der Waals surface area contributed by atoms with Gasteiger partial charge in [-0.05, 0) is 77.0 Å². The Morgan fingerprint density at radius 1 is 0.574 bits per heavy atom. The summed E-state index contributed by atoms with van der Waals surface area (Å²) >= 11 is 0. The Labute approximate surface area is 415 Å². The van der Waals surface area contributed by atoms with Crippen molar-refractivity contribution in [2.45, 2.75) is 288 Å². The highest BCUT2D eigenvalue weighted by Crippen LogP contribution is 2.26.